The number of nitrogens with one attached hydrogen (secondary N) is 3. The molecule has 2 rings (SSSR count). The maximum absolute atomic E-state index is 11.8. The van der Waals surface area contributed by atoms with Gasteiger partial charge in [-0.25, -0.2) is 4.98 Å². The zero-order valence-corrected chi connectivity index (χ0v) is 9.31. The van der Waals surface area contributed by atoms with Crippen molar-refractivity contribution in [2.75, 3.05) is 13.2 Å². The number of aromatic amines is 1. The van der Waals surface area contributed by atoms with Crippen molar-refractivity contribution in [3.05, 3.63) is 17.7 Å². The lowest BCUT2D eigenvalue weighted by Gasteiger charge is -2.24. The molecule has 1 aromatic rings. The van der Waals surface area contributed by atoms with Gasteiger partial charge in [-0.3, -0.25) is 10.1 Å². The van der Waals surface area contributed by atoms with Crippen LogP contribution in [0.25, 0.3) is 0 Å². The van der Waals surface area contributed by atoms with E-state index in [1.807, 2.05) is 0 Å². The summed E-state index contributed by atoms with van der Waals surface area (Å²) in [5.41, 5.74) is 1.88. The second-order valence-corrected chi connectivity index (χ2v) is 4.04. The summed E-state index contributed by atoms with van der Waals surface area (Å²) in [5.74, 6) is -0.230. The number of aliphatic hydroxyl groups excluding tert-OH is 2. The summed E-state index contributed by atoms with van der Waals surface area (Å²) in [5, 5.41) is 23.4. The highest BCUT2D eigenvalue weighted by atomic mass is 16.3. The molecule has 1 unspecified atom stereocenters. The van der Waals surface area contributed by atoms with Gasteiger partial charge in [-0.05, 0) is 0 Å². The number of hydrogen-bond donors (Lipinski definition) is 5. The van der Waals surface area contributed by atoms with E-state index in [-0.39, 0.29) is 25.2 Å². The Bertz CT molecular complexity index is 389. The highest BCUT2D eigenvalue weighted by molar-refractivity contribution is 5.82. The van der Waals surface area contributed by atoms with E-state index in [1.165, 1.54) is 0 Å². The van der Waals surface area contributed by atoms with Crippen molar-refractivity contribution >= 4 is 5.91 Å². The largest absolute Gasteiger partial charge is 0.394 e. The topological polar surface area (TPSA) is 110 Å². The number of aromatic nitrogens is 2. The lowest BCUT2D eigenvalue weighted by atomic mass is 10.0. The summed E-state index contributed by atoms with van der Waals surface area (Å²) < 4.78 is 0. The van der Waals surface area contributed by atoms with Gasteiger partial charge in [0.1, 0.15) is 0 Å². The SMILES string of the molecule is O=C(NC(CO)CO)C1Cc2nc[nH]c2CN1. The van der Waals surface area contributed by atoms with Gasteiger partial charge in [0, 0.05) is 13.0 Å². The molecule has 0 saturated carbocycles. The third-order valence-electron chi connectivity index (χ3n) is 2.83. The number of amides is 1. The van der Waals surface area contributed by atoms with E-state index in [9.17, 15) is 4.79 Å². The fourth-order valence-corrected chi connectivity index (χ4v) is 1.81. The van der Waals surface area contributed by atoms with E-state index in [4.69, 9.17) is 10.2 Å². The third kappa shape index (κ3) is 2.63. The van der Waals surface area contributed by atoms with E-state index in [0.29, 0.717) is 13.0 Å². The van der Waals surface area contributed by atoms with Gasteiger partial charge < -0.3 is 20.5 Å². The van der Waals surface area contributed by atoms with Gasteiger partial charge in [-0.2, -0.15) is 0 Å². The molecule has 7 nitrogen and oxygen atoms in total. The molecule has 0 fully saturated rings. The zero-order chi connectivity index (χ0) is 12.3. The molecule has 5 N–H and O–H groups in total. The highest BCUT2D eigenvalue weighted by Crippen LogP contribution is 2.12. The smallest absolute Gasteiger partial charge is 0.237 e. The molecule has 0 spiro atoms. The summed E-state index contributed by atoms with van der Waals surface area (Å²) >= 11 is 0. The summed E-state index contributed by atoms with van der Waals surface area (Å²) in [7, 11) is 0. The summed E-state index contributed by atoms with van der Waals surface area (Å²) in [6.07, 6.45) is 2.12. The highest BCUT2D eigenvalue weighted by Gasteiger charge is 2.26. The van der Waals surface area contributed by atoms with Crippen LogP contribution in [0.5, 0.6) is 0 Å². The Balaban J connectivity index is 1.94. The van der Waals surface area contributed by atoms with Gasteiger partial charge >= 0.3 is 0 Å². The molecule has 1 aromatic heterocycles. The monoisotopic (exact) mass is 240 g/mol. The van der Waals surface area contributed by atoms with Crippen LogP contribution in [-0.2, 0) is 17.8 Å². The molecule has 0 aliphatic carbocycles. The van der Waals surface area contributed by atoms with Crippen LogP contribution in [0, 0.1) is 0 Å². The molecule has 7 heteroatoms. The van der Waals surface area contributed by atoms with Gasteiger partial charge in [-0.1, -0.05) is 0 Å². The molecule has 1 aliphatic heterocycles. The van der Waals surface area contributed by atoms with Gasteiger partial charge in [0.15, 0.2) is 0 Å². The van der Waals surface area contributed by atoms with Crippen molar-refractivity contribution < 1.29 is 15.0 Å². The Hall–Kier alpha value is -1.44. The second-order valence-electron chi connectivity index (χ2n) is 4.04. The van der Waals surface area contributed by atoms with Crippen molar-refractivity contribution in [3.63, 3.8) is 0 Å². The van der Waals surface area contributed by atoms with Crippen LogP contribution in [0.15, 0.2) is 6.33 Å². The summed E-state index contributed by atoms with van der Waals surface area (Å²) in [6, 6.07) is -0.976. The predicted octanol–water partition coefficient (Wildman–Crippen LogP) is -2.11. The lowest BCUT2D eigenvalue weighted by molar-refractivity contribution is -0.124. The van der Waals surface area contributed by atoms with Gasteiger partial charge in [0.05, 0.1) is 43.0 Å². The summed E-state index contributed by atoms with van der Waals surface area (Å²) in [6.45, 7) is 0.0154. The van der Waals surface area contributed by atoms with E-state index in [0.717, 1.165) is 11.4 Å². The lowest BCUT2D eigenvalue weighted by Crippen LogP contribution is -2.52. The standard InChI is InChI=1S/C10H16N4O3/c15-3-6(4-16)14-10(17)8-1-7-9(2-11-8)13-5-12-7/h5-6,8,11,15-16H,1-4H2,(H,12,13)(H,14,17). The quantitative estimate of drug-likeness (QED) is 0.414. The Labute approximate surface area is 98.3 Å². The Kier molecular flexibility index (Phi) is 3.72. The van der Waals surface area contributed by atoms with Crippen molar-refractivity contribution in [1.29, 1.82) is 0 Å². The number of rotatable bonds is 4. The van der Waals surface area contributed by atoms with Crippen LogP contribution in [0.4, 0.5) is 0 Å². The molecule has 0 aromatic carbocycles. The van der Waals surface area contributed by atoms with Crippen molar-refractivity contribution in [3.8, 4) is 0 Å². The number of carbonyl (C=O) groups excluding carboxylic acids is 1. The molecule has 94 valence electrons. The first kappa shape index (κ1) is 12.0. The van der Waals surface area contributed by atoms with E-state index < -0.39 is 6.04 Å². The first-order valence-electron chi connectivity index (χ1n) is 5.51. The van der Waals surface area contributed by atoms with Gasteiger partial charge in [0.25, 0.3) is 0 Å². The fourth-order valence-electron chi connectivity index (χ4n) is 1.81. The van der Waals surface area contributed by atoms with Gasteiger partial charge in [-0.15, -0.1) is 0 Å². The number of H-pyrrole nitrogens is 1. The number of carbonyl (C=O) groups is 1. The van der Waals surface area contributed by atoms with E-state index in [1.54, 1.807) is 6.33 Å². The minimum atomic E-state index is -0.607. The van der Waals surface area contributed by atoms with Crippen LogP contribution in [0.3, 0.4) is 0 Å². The number of aliphatic hydroxyl groups is 2. The molecule has 1 aliphatic rings. The fraction of sp³-hybridized carbons (Fsp3) is 0.600. The van der Waals surface area contributed by atoms with Crippen molar-refractivity contribution in [1.82, 2.24) is 20.6 Å². The Morgan fingerprint density at radius 3 is 3.06 bits per heavy atom. The minimum Gasteiger partial charge on any atom is -0.394 e. The van der Waals surface area contributed by atoms with Crippen molar-refractivity contribution in [2.24, 2.45) is 0 Å². The van der Waals surface area contributed by atoms with Crippen LogP contribution in [-0.4, -0.2) is 51.4 Å². The molecule has 1 atom stereocenters. The average Bonchev–Trinajstić information content (AvgIpc) is 2.82. The summed E-state index contributed by atoms with van der Waals surface area (Å²) in [4.78, 5) is 19.0. The Morgan fingerprint density at radius 2 is 2.35 bits per heavy atom. The molecule has 0 radical (unpaired) electrons. The van der Waals surface area contributed by atoms with Crippen LogP contribution >= 0.6 is 0 Å². The van der Waals surface area contributed by atoms with Crippen LogP contribution < -0.4 is 10.6 Å². The zero-order valence-electron chi connectivity index (χ0n) is 9.31. The number of hydrogen-bond acceptors (Lipinski definition) is 5. The molecule has 0 saturated heterocycles. The van der Waals surface area contributed by atoms with E-state index in [2.05, 4.69) is 20.6 Å². The second kappa shape index (κ2) is 5.26. The first-order valence-corrected chi connectivity index (χ1v) is 5.51. The number of imidazole rings is 1. The molecule has 1 amide bonds. The molecule has 17 heavy (non-hydrogen) atoms. The maximum atomic E-state index is 11.8. The third-order valence-corrected chi connectivity index (χ3v) is 2.83. The normalized spacial score (nSPS) is 19.1. The first-order chi connectivity index (χ1) is 8.24. The predicted molar refractivity (Wildman–Crippen MR) is 59.0 cm³/mol. The Morgan fingerprint density at radius 1 is 1.59 bits per heavy atom. The van der Waals surface area contributed by atoms with Crippen LogP contribution in [0.2, 0.25) is 0 Å². The number of fused-ring (bicyclic) bond motifs is 1. The molecular weight excluding hydrogens is 224 g/mol. The number of nitrogens with zero attached hydrogens (tertiary/aromatic N) is 1. The minimum absolute atomic E-state index is 0.230. The molecule has 2 heterocycles. The molecular formula is C10H16N4O3. The van der Waals surface area contributed by atoms with E-state index >= 15 is 0 Å². The average molecular weight is 240 g/mol. The van der Waals surface area contributed by atoms with Gasteiger partial charge in [0.2, 0.25) is 5.91 Å². The van der Waals surface area contributed by atoms with Crippen molar-refractivity contribution in [2.45, 2.75) is 25.0 Å². The maximum Gasteiger partial charge on any atom is 0.237 e. The molecule has 0 bridgehead atoms. The van der Waals surface area contributed by atoms with Crippen LogP contribution in [0.1, 0.15) is 11.4 Å².